The molecule has 1 fully saturated rings. The minimum absolute atomic E-state index is 0.0849. The van der Waals surface area contributed by atoms with Crippen molar-refractivity contribution in [3.05, 3.63) is 60.2 Å². The Balaban J connectivity index is 1.83. The molecule has 0 unspecified atom stereocenters. The van der Waals surface area contributed by atoms with E-state index < -0.39 is 21.0 Å². The number of hydrogen-bond donors (Lipinski definition) is 2. The molecule has 0 atom stereocenters. The summed E-state index contributed by atoms with van der Waals surface area (Å²) in [6.07, 6.45) is 2.60. The molecule has 144 valence electrons. The highest BCUT2D eigenvalue weighted by molar-refractivity contribution is 7.89. The summed E-state index contributed by atoms with van der Waals surface area (Å²) < 4.78 is 27.7. The first-order chi connectivity index (χ1) is 12.6. The number of rotatable bonds is 5. The molecular formula is C21H26N2O3S. The Morgan fingerprint density at radius 2 is 1.67 bits per heavy atom. The van der Waals surface area contributed by atoms with E-state index in [2.05, 4.69) is 10.0 Å². The maximum Gasteiger partial charge on any atom is 0.241 e. The average Bonchev–Trinajstić information content (AvgIpc) is 2.53. The van der Waals surface area contributed by atoms with Crippen molar-refractivity contribution >= 4 is 21.6 Å². The Morgan fingerprint density at radius 3 is 2.22 bits per heavy atom. The molecule has 2 aromatic carbocycles. The minimum atomic E-state index is -3.66. The summed E-state index contributed by atoms with van der Waals surface area (Å²) in [7, 11) is -3.66. The first kappa shape index (κ1) is 19.6. The van der Waals surface area contributed by atoms with Gasteiger partial charge in [0.2, 0.25) is 15.9 Å². The van der Waals surface area contributed by atoms with Crippen molar-refractivity contribution < 1.29 is 13.2 Å². The van der Waals surface area contributed by atoms with Crippen LogP contribution in [0.5, 0.6) is 0 Å². The van der Waals surface area contributed by atoms with Gasteiger partial charge in [0.1, 0.15) is 0 Å². The molecule has 27 heavy (non-hydrogen) atoms. The van der Waals surface area contributed by atoms with Gasteiger partial charge in [-0.05, 0) is 57.4 Å². The third kappa shape index (κ3) is 4.22. The van der Waals surface area contributed by atoms with Crippen molar-refractivity contribution in [2.24, 2.45) is 0 Å². The van der Waals surface area contributed by atoms with Crippen LogP contribution in [-0.4, -0.2) is 19.9 Å². The summed E-state index contributed by atoms with van der Waals surface area (Å²) in [5, 5.41) is 2.93. The summed E-state index contributed by atoms with van der Waals surface area (Å²) in [5.74, 6) is -0.0849. The molecule has 5 nitrogen and oxygen atoms in total. The van der Waals surface area contributed by atoms with Crippen LogP contribution >= 0.6 is 0 Å². The third-order valence-corrected chi connectivity index (χ3v) is 6.57. The number of amides is 1. The van der Waals surface area contributed by atoms with Crippen LogP contribution in [0.3, 0.4) is 0 Å². The first-order valence-electron chi connectivity index (χ1n) is 9.13. The van der Waals surface area contributed by atoms with E-state index in [9.17, 15) is 13.2 Å². The van der Waals surface area contributed by atoms with Crippen molar-refractivity contribution in [2.45, 2.75) is 55.9 Å². The van der Waals surface area contributed by atoms with Crippen LogP contribution in [-0.2, 0) is 20.2 Å². The van der Waals surface area contributed by atoms with Crippen LogP contribution in [0.1, 0.15) is 45.6 Å². The monoisotopic (exact) mass is 386 g/mol. The van der Waals surface area contributed by atoms with Gasteiger partial charge >= 0.3 is 0 Å². The standard InChI is InChI=1S/C21H26N2O3S/c1-20(2,3)23-27(25,26)18-12-7-11-17(15-18)22-19(24)21(13-8-14-21)16-9-5-4-6-10-16/h4-7,9-12,15,23H,8,13-14H2,1-3H3,(H,22,24). The molecule has 0 heterocycles. The van der Waals surface area contributed by atoms with E-state index in [1.165, 1.54) is 12.1 Å². The highest BCUT2D eigenvalue weighted by Crippen LogP contribution is 2.44. The van der Waals surface area contributed by atoms with E-state index in [4.69, 9.17) is 0 Å². The lowest BCUT2D eigenvalue weighted by Gasteiger charge is -2.40. The number of nitrogens with one attached hydrogen (secondary N) is 2. The summed E-state index contributed by atoms with van der Waals surface area (Å²) in [6, 6.07) is 16.2. The molecule has 0 spiro atoms. The van der Waals surface area contributed by atoms with Gasteiger partial charge in [-0.1, -0.05) is 42.8 Å². The first-order valence-corrected chi connectivity index (χ1v) is 10.6. The topological polar surface area (TPSA) is 75.3 Å². The van der Waals surface area contributed by atoms with E-state index in [-0.39, 0.29) is 10.8 Å². The van der Waals surface area contributed by atoms with E-state index in [0.29, 0.717) is 5.69 Å². The molecule has 0 bridgehead atoms. The molecule has 0 aliphatic heterocycles. The number of benzene rings is 2. The number of anilines is 1. The van der Waals surface area contributed by atoms with Crippen LogP contribution in [0, 0.1) is 0 Å². The second-order valence-electron chi connectivity index (χ2n) is 8.14. The Hall–Kier alpha value is -2.18. The van der Waals surface area contributed by atoms with Gasteiger partial charge in [-0.2, -0.15) is 0 Å². The Bertz CT molecular complexity index is 927. The molecule has 0 aromatic heterocycles. The van der Waals surface area contributed by atoms with E-state index in [0.717, 1.165) is 24.8 Å². The lowest BCUT2D eigenvalue weighted by molar-refractivity contribution is -0.124. The predicted octanol–water partition coefficient (Wildman–Crippen LogP) is 3.82. The van der Waals surface area contributed by atoms with Gasteiger partial charge in [0.15, 0.2) is 0 Å². The molecule has 6 heteroatoms. The van der Waals surface area contributed by atoms with E-state index in [1.54, 1.807) is 32.9 Å². The second-order valence-corrected chi connectivity index (χ2v) is 9.82. The summed E-state index contributed by atoms with van der Waals surface area (Å²) >= 11 is 0. The second kappa shape index (κ2) is 7.09. The van der Waals surface area contributed by atoms with Crippen LogP contribution in [0.25, 0.3) is 0 Å². The van der Waals surface area contributed by atoms with Crippen LogP contribution < -0.4 is 10.0 Å². The molecule has 0 saturated heterocycles. The minimum Gasteiger partial charge on any atom is -0.325 e. The number of carbonyl (C=O) groups is 1. The molecular weight excluding hydrogens is 360 g/mol. The van der Waals surface area contributed by atoms with E-state index >= 15 is 0 Å². The van der Waals surface area contributed by atoms with Crippen molar-refractivity contribution in [1.29, 1.82) is 0 Å². The third-order valence-electron chi connectivity index (χ3n) is 4.81. The summed E-state index contributed by atoms with van der Waals surface area (Å²) in [6.45, 7) is 5.36. The van der Waals surface area contributed by atoms with Gasteiger partial charge in [0.25, 0.3) is 0 Å². The lowest BCUT2D eigenvalue weighted by atomic mass is 9.64. The highest BCUT2D eigenvalue weighted by Gasteiger charge is 2.45. The number of sulfonamides is 1. The van der Waals surface area contributed by atoms with Crippen molar-refractivity contribution in [3.8, 4) is 0 Å². The largest absolute Gasteiger partial charge is 0.325 e. The van der Waals surface area contributed by atoms with Crippen molar-refractivity contribution in [1.82, 2.24) is 4.72 Å². The molecule has 1 saturated carbocycles. The SMILES string of the molecule is CC(C)(C)NS(=O)(=O)c1cccc(NC(=O)C2(c3ccccc3)CCC2)c1. The lowest BCUT2D eigenvalue weighted by Crippen LogP contribution is -2.46. The number of hydrogen-bond acceptors (Lipinski definition) is 3. The van der Waals surface area contributed by atoms with Gasteiger partial charge in [-0.25, -0.2) is 13.1 Å². The van der Waals surface area contributed by atoms with Crippen LogP contribution in [0.4, 0.5) is 5.69 Å². The summed E-state index contributed by atoms with van der Waals surface area (Å²) in [4.78, 5) is 13.2. The Morgan fingerprint density at radius 1 is 1.00 bits per heavy atom. The fourth-order valence-corrected chi connectivity index (χ4v) is 4.85. The highest BCUT2D eigenvalue weighted by atomic mass is 32.2. The van der Waals surface area contributed by atoms with Crippen LogP contribution in [0.2, 0.25) is 0 Å². The molecule has 1 amide bonds. The Labute approximate surface area is 161 Å². The fourth-order valence-electron chi connectivity index (χ4n) is 3.39. The zero-order valence-corrected chi connectivity index (χ0v) is 16.8. The molecule has 2 aromatic rings. The van der Waals surface area contributed by atoms with Gasteiger partial charge in [0, 0.05) is 11.2 Å². The molecule has 2 N–H and O–H groups in total. The fraction of sp³-hybridized carbons (Fsp3) is 0.381. The van der Waals surface area contributed by atoms with Crippen LogP contribution in [0.15, 0.2) is 59.5 Å². The maximum absolute atomic E-state index is 13.0. The smallest absolute Gasteiger partial charge is 0.241 e. The van der Waals surface area contributed by atoms with Crippen molar-refractivity contribution in [3.63, 3.8) is 0 Å². The van der Waals surface area contributed by atoms with Gasteiger partial charge in [0.05, 0.1) is 10.3 Å². The summed E-state index contributed by atoms with van der Waals surface area (Å²) in [5.41, 5.74) is 0.382. The van der Waals surface area contributed by atoms with Crippen molar-refractivity contribution in [2.75, 3.05) is 5.32 Å². The van der Waals surface area contributed by atoms with Gasteiger partial charge in [-0.15, -0.1) is 0 Å². The average molecular weight is 387 g/mol. The maximum atomic E-state index is 13.0. The zero-order valence-electron chi connectivity index (χ0n) is 16.0. The van der Waals surface area contributed by atoms with Gasteiger partial charge in [-0.3, -0.25) is 4.79 Å². The number of carbonyl (C=O) groups excluding carboxylic acids is 1. The molecule has 0 radical (unpaired) electrons. The molecule has 3 rings (SSSR count). The zero-order chi connectivity index (χ0) is 19.7. The van der Waals surface area contributed by atoms with Gasteiger partial charge < -0.3 is 5.32 Å². The normalized spacial score (nSPS) is 16.4. The molecule has 1 aliphatic carbocycles. The Kier molecular flexibility index (Phi) is 5.14. The van der Waals surface area contributed by atoms with E-state index in [1.807, 2.05) is 30.3 Å². The predicted molar refractivity (Wildman–Crippen MR) is 107 cm³/mol. The quantitative estimate of drug-likeness (QED) is 0.820. The molecule has 1 aliphatic rings.